The van der Waals surface area contributed by atoms with Gasteiger partial charge in [-0.3, -0.25) is 9.59 Å². The van der Waals surface area contributed by atoms with Gasteiger partial charge in [0.15, 0.2) is 0 Å². The fourth-order valence-corrected chi connectivity index (χ4v) is 11.3. The molecule has 440 valence electrons. The summed E-state index contributed by atoms with van der Waals surface area (Å²) in [4.78, 5) is 65.7. The predicted molar refractivity (Wildman–Crippen MR) is 316 cm³/mol. The van der Waals surface area contributed by atoms with E-state index in [0.717, 1.165) is 123 Å². The van der Waals surface area contributed by atoms with Crippen molar-refractivity contribution >= 4 is 34.9 Å². The molecule has 0 radical (unpaired) electrons. The van der Waals surface area contributed by atoms with Gasteiger partial charge < -0.3 is 51.1 Å². The first kappa shape index (κ1) is 72.5. The number of amides is 2. The van der Waals surface area contributed by atoms with Crippen LogP contribution in [-0.4, -0.2) is 102 Å². The highest BCUT2D eigenvalue weighted by Gasteiger charge is 2.70. The summed E-state index contributed by atoms with van der Waals surface area (Å²) in [6.45, 7) is 12.6. The largest absolute Gasteiger partial charge is 0.356 e. The Morgan fingerprint density at radius 3 is 0.693 bits per heavy atom. The fraction of sp³-hybridized carbons (Fsp3) is 0.905. The molecule has 0 saturated heterocycles. The number of nitrogens with one attached hydrogen (secondary N) is 6. The first-order valence-corrected chi connectivity index (χ1v) is 31.4. The molecule has 0 heterocycles. The molecule has 0 aromatic carbocycles. The summed E-state index contributed by atoms with van der Waals surface area (Å²) < 4.78 is 0. The van der Waals surface area contributed by atoms with Crippen molar-refractivity contribution < 1.29 is 28.8 Å². The number of hydrogen-bond donors (Lipinski definition) is 6. The molecule has 12 nitrogen and oxygen atoms in total. The van der Waals surface area contributed by atoms with E-state index in [1.54, 1.807) is 53.4 Å². The van der Waals surface area contributed by atoms with Gasteiger partial charge in [0.25, 0.3) is 0 Å². The lowest BCUT2D eigenvalue weighted by Crippen LogP contribution is -2.71. The van der Waals surface area contributed by atoms with Crippen molar-refractivity contribution in [3.05, 3.63) is 0 Å². The van der Waals surface area contributed by atoms with Crippen LogP contribution >= 0.6 is 0 Å². The van der Waals surface area contributed by atoms with Gasteiger partial charge >= 0.3 is 0 Å². The van der Waals surface area contributed by atoms with Gasteiger partial charge in [-0.05, 0) is 220 Å². The molecule has 6 N–H and O–H groups in total. The Morgan fingerprint density at radius 2 is 0.453 bits per heavy atom. The van der Waals surface area contributed by atoms with Crippen molar-refractivity contribution in [1.82, 2.24) is 31.9 Å². The number of unbranched alkanes of at least 4 members (excludes halogenated alkanes) is 21. The first-order chi connectivity index (χ1) is 36.3. The molecule has 4 unspecified atom stereocenters. The molecule has 4 fully saturated rings. The van der Waals surface area contributed by atoms with Crippen LogP contribution < -0.4 is 31.9 Å². The maximum atomic E-state index is 11.6. The molecule has 75 heavy (non-hydrogen) atoms. The highest BCUT2D eigenvalue weighted by atomic mass is 16.2. The molecular formula is C63H122N6O6. The number of hydrogen-bond acceptors (Lipinski definition) is 10. The van der Waals surface area contributed by atoms with Gasteiger partial charge in [-0.1, -0.05) is 96.3 Å². The van der Waals surface area contributed by atoms with Crippen LogP contribution in [0.1, 0.15) is 265 Å². The van der Waals surface area contributed by atoms with Crippen LogP contribution in [0.5, 0.6) is 0 Å². The highest BCUT2D eigenvalue weighted by Crippen LogP contribution is 2.76. The summed E-state index contributed by atoms with van der Waals surface area (Å²) in [5.41, 5.74) is 0. The summed E-state index contributed by atoms with van der Waals surface area (Å²) in [5, 5.41) is 18.4. The second-order valence-electron chi connectivity index (χ2n) is 22.9. The molecule has 4 aliphatic rings. The standard InChI is InChI=1S/C18H36N2O2.C14H28N2O2.C13H27NO.C10H14.C8H17NO/c1-17(21)13-9-5-3-4-6-10-14-18(22)20-16-12-8-7-11-15-19-2;1-13(17)9-5-6-10-14(18)16-12-8-4-3-7-11-15-2;1-13(15)11-9-7-5-3-4-6-8-10-12-14-2;1-2-6-5(1)9-7-3-4-8(7)10(6)9;1-8(10)6-4-3-5-7-9-2/h19H,3-16H2,1-2H3,(H,20,22);15H,3-12H2,1-2H3,(H,16,18);14H,3-12H2,1-2H3;5-10H,1-4H2;9H,3-7H2,1-2H3. The van der Waals surface area contributed by atoms with Crippen LogP contribution in [-0.2, 0) is 28.8 Å². The number of fused-ring (bicyclic) bond motifs is 7. The minimum absolute atomic E-state index is 0.119. The van der Waals surface area contributed by atoms with E-state index in [1.165, 1.54) is 145 Å². The minimum Gasteiger partial charge on any atom is -0.356 e. The van der Waals surface area contributed by atoms with E-state index in [4.69, 9.17) is 0 Å². The third-order valence-corrected chi connectivity index (χ3v) is 16.1. The molecule has 4 atom stereocenters. The number of Topliss-reactive ketones (excluding diaryl/α,β-unsaturated/α-hetero) is 4. The van der Waals surface area contributed by atoms with Crippen LogP contribution in [0.4, 0.5) is 0 Å². The summed E-state index contributed by atoms with van der Waals surface area (Å²) in [6.07, 6.45) is 41.9. The summed E-state index contributed by atoms with van der Waals surface area (Å²) in [7, 11) is 7.90. The van der Waals surface area contributed by atoms with Crippen molar-refractivity contribution in [1.29, 1.82) is 0 Å². The van der Waals surface area contributed by atoms with E-state index in [9.17, 15) is 28.8 Å². The Balaban J connectivity index is 0.000000937. The lowest BCUT2D eigenvalue weighted by atomic mass is 9.28. The lowest BCUT2D eigenvalue weighted by molar-refractivity contribution is -0.286. The summed E-state index contributed by atoms with van der Waals surface area (Å²) >= 11 is 0. The predicted octanol–water partition coefficient (Wildman–Crippen LogP) is 12.6. The molecule has 4 rings (SSSR count). The Labute approximate surface area is 462 Å². The van der Waals surface area contributed by atoms with E-state index in [1.807, 2.05) is 28.2 Å². The Hall–Kier alpha value is -2.54. The monoisotopic (exact) mass is 1060 g/mol. The summed E-state index contributed by atoms with van der Waals surface area (Å²) in [5.74, 6) is 9.04. The van der Waals surface area contributed by atoms with E-state index in [-0.39, 0.29) is 17.6 Å². The number of ketones is 4. The molecule has 2 amide bonds. The maximum absolute atomic E-state index is 11.6. The van der Waals surface area contributed by atoms with Crippen LogP contribution in [0.15, 0.2) is 0 Å². The second kappa shape index (κ2) is 52.2. The van der Waals surface area contributed by atoms with Crippen molar-refractivity contribution in [2.24, 2.45) is 35.5 Å². The minimum atomic E-state index is 0.119. The molecule has 0 bridgehead atoms. The van der Waals surface area contributed by atoms with Crippen LogP contribution in [0, 0.1) is 35.5 Å². The quantitative estimate of drug-likeness (QED) is 0.0322. The SMILES string of the molecule is C1CC2C1C1C3CCC3C21.CNCCCCCC(C)=O.CNCCCCCCCCCCC(C)=O.CNCCCCCCNC(=O)CCCCC(C)=O.CNCCCCCCNC(=O)CCCCCCCCC(C)=O. The van der Waals surface area contributed by atoms with E-state index >= 15 is 0 Å². The van der Waals surface area contributed by atoms with Crippen molar-refractivity contribution in [2.75, 3.05) is 67.5 Å². The summed E-state index contributed by atoms with van der Waals surface area (Å²) in [6, 6.07) is 0. The van der Waals surface area contributed by atoms with Gasteiger partial charge in [-0.25, -0.2) is 0 Å². The van der Waals surface area contributed by atoms with Gasteiger partial charge in [0.1, 0.15) is 23.1 Å². The van der Waals surface area contributed by atoms with Crippen LogP contribution in [0.3, 0.4) is 0 Å². The van der Waals surface area contributed by atoms with Crippen LogP contribution in [0.25, 0.3) is 0 Å². The molecule has 12 heteroatoms. The fourth-order valence-electron chi connectivity index (χ4n) is 11.3. The third-order valence-electron chi connectivity index (χ3n) is 16.1. The van der Waals surface area contributed by atoms with Gasteiger partial charge in [-0.2, -0.15) is 0 Å². The number of carbonyl (C=O) groups excluding carboxylic acids is 6. The zero-order valence-corrected chi connectivity index (χ0v) is 50.3. The Morgan fingerprint density at radius 1 is 0.267 bits per heavy atom. The number of carbonyl (C=O) groups is 6. The van der Waals surface area contributed by atoms with E-state index < -0.39 is 0 Å². The zero-order chi connectivity index (χ0) is 55.6. The molecule has 4 aliphatic carbocycles. The van der Waals surface area contributed by atoms with Gasteiger partial charge in [0.2, 0.25) is 11.8 Å². The molecule has 0 spiro atoms. The normalized spacial score (nSPS) is 18.9. The van der Waals surface area contributed by atoms with E-state index in [2.05, 4.69) is 31.9 Å². The average molecular weight is 1060 g/mol. The lowest BCUT2D eigenvalue weighted by Gasteiger charge is -2.77. The van der Waals surface area contributed by atoms with Gasteiger partial charge in [0.05, 0.1) is 0 Å². The van der Waals surface area contributed by atoms with Gasteiger partial charge in [0, 0.05) is 51.6 Å². The van der Waals surface area contributed by atoms with Crippen molar-refractivity contribution in [3.8, 4) is 0 Å². The Kier molecular flexibility index (Phi) is 50.4. The zero-order valence-electron chi connectivity index (χ0n) is 50.3. The molecule has 4 saturated carbocycles. The average Bonchev–Trinajstić information content (AvgIpc) is 3.35. The molecular weight excluding hydrogens is 937 g/mol. The maximum Gasteiger partial charge on any atom is 0.219 e. The molecule has 0 aliphatic heterocycles. The van der Waals surface area contributed by atoms with Gasteiger partial charge in [-0.15, -0.1) is 0 Å². The number of rotatable bonds is 45. The molecule has 0 aromatic heterocycles. The van der Waals surface area contributed by atoms with E-state index in [0.29, 0.717) is 36.6 Å². The van der Waals surface area contributed by atoms with Crippen molar-refractivity contribution in [2.45, 2.75) is 265 Å². The topological polar surface area (TPSA) is 175 Å². The Bertz CT molecular complexity index is 1370. The van der Waals surface area contributed by atoms with Crippen LogP contribution in [0.2, 0.25) is 0 Å². The highest BCUT2D eigenvalue weighted by molar-refractivity contribution is 5.77. The third kappa shape index (κ3) is 42.1. The molecule has 0 aromatic rings. The van der Waals surface area contributed by atoms with Crippen molar-refractivity contribution in [3.63, 3.8) is 0 Å². The second-order valence-corrected chi connectivity index (χ2v) is 22.9. The first-order valence-electron chi connectivity index (χ1n) is 31.4. The smallest absolute Gasteiger partial charge is 0.219 e.